The molecule has 1 saturated heterocycles. The van der Waals surface area contributed by atoms with E-state index in [9.17, 15) is 14.4 Å². The third-order valence-corrected chi connectivity index (χ3v) is 6.88. The molecule has 1 aromatic rings. The van der Waals surface area contributed by atoms with Crippen LogP contribution in [-0.2, 0) is 14.3 Å². The van der Waals surface area contributed by atoms with Gasteiger partial charge in [-0.25, -0.2) is 9.59 Å². The highest BCUT2D eigenvalue weighted by Gasteiger charge is 2.38. The van der Waals surface area contributed by atoms with Crippen LogP contribution in [0.5, 0.6) is 0 Å². The maximum absolute atomic E-state index is 13.2. The maximum atomic E-state index is 13.2. The van der Waals surface area contributed by atoms with E-state index in [2.05, 4.69) is 10.2 Å². The van der Waals surface area contributed by atoms with Crippen LogP contribution in [-0.4, -0.2) is 78.5 Å². The highest BCUT2D eigenvalue weighted by atomic mass is 35.5. The lowest BCUT2D eigenvalue weighted by Gasteiger charge is -2.38. The fraction of sp³-hybridized carbons (Fsp3) is 0.542. The third kappa shape index (κ3) is 5.85. The molecule has 186 valence electrons. The van der Waals surface area contributed by atoms with E-state index in [1.54, 1.807) is 30.0 Å². The fourth-order valence-electron chi connectivity index (χ4n) is 4.41. The van der Waals surface area contributed by atoms with Crippen molar-refractivity contribution in [1.29, 1.82) is 0 Å². The molecule has 0 spiro atoms. The van der Waals surface area contributed by atoms with Gasteiger partial charge in [0.05, 0.1) is 28.3 Å². The summed E-state index contributed by atoms with van der Waals surface area (Å²) in [6.45, 7) is 9.21. The van der Waals surface area contributed by atoms with Crippen molar-refractivity contribution in [1.82, 2.24) is 20.0 Å². The van der Waals surface area contributed by atoms with Crippen molar-refractivity contribution < 1.29 is 19.1 Å². The second kappa shape index (κ2) is 11.9. The van der Waals surface area contributed by atoms with Gasteiger partial charge in [0.25, 0.3) is 0 Å². The van der Waals surface area contributed by atoms with Gasteiger partial charge in [0, 0.05) is 51.4 Å². The van der Waals surface area contributed by atoms with Gasteiger partial charge in [0.2, 0.25) is 5.91 Å². The molecule has 0 bridgehead atoms. The number of nitrogens with zero attached hydrogens (tertiary/aromatic N) is 3. The number of carbonyl (C=O) groups is 3. The van der Waals surface area contributed by atoms with Crippen LogP contribution in [0.1, 0.15) is 45.2 Å². The largest absolute Gasteiger partial charge is 0.463 e. The lowest BCUT2D eigenvalue weighted by atomic mass is 9.94. The van der Waals surface area contributed by atoms with Crippen LogP contribution in [0.3, 0.4) is 0 Å². The van der Waals surface area contributed by atoms with Crippen LogP contribution in [0.4, 0.5) is 4.79 Å². The summed E-state index contributed by atoms with van der Waals surface area (Å²) < 4.78 is 5.42. The zero-order valence-corrected chi connectivity index (χ0v) is 21.4. The van der Waals surface area contributed by atoms with Crippen molar-refractivity contribution in [3.8, 4) is 0 Å². The summed E-state index contributed by atoms with van der Waals surface area (Å²) >= 11 is 12.3. The Balaban J connectivity index is 2.01. The molecule has 0 unspecified atom stereocenters. The first-order valence-electron chi connectivity index (χ1n) is 11.7. The van der Waals surface area contributed by atoms with E-state index in [0.29, 0.717) is 66.0 Å². The molecule has 3 rings (SSSR count). The highest BCUT2D eigenvalue weighted by molar-refractivity contribution is 6.42. The summed E-state index contributed by atoms with van der Waals surface area (Å²) in [4.78, 5) is 44.1. The number of hydrogen-bond donors (Lipinski definition) is 1. The maximum Gasteiger partial charge on any atom is 0.338 e. The van der Waals surface area contributed by atoms with Gasteiger partial charge in [-0.05, 0) is 38.0 Å². The highest BCUT2D eigenvalue weighted by Crippen LogP contribution is 2.34. The Labute approximate surface area is 210 Å². The van der Waals surface area contributed by atoms with Gasteiger partial charge in [-0.3, -0.25) is 14.6 Å². The van der Waals surface area contributed by atoms with Gasteiger partial charge in [0.15, 0.2) is 0 Å². The second-order valence-electron chi connectivity index (χ2n) is 8.25. The van der Waals surface area contributed by atoms with Gasteiger partial charge in [0.1, 0.15) is 0 Å². The van der Waals surface area contributed by atoms with E-state index in [1.165, 1.54) is 0 Å². The number of urea groups is 1. The molecular formula is C24H32Cl2N4O4. The lowest BCUT2D eigenvalue weighted by molar-refractivity contribution is -0.139. The number of likely N-dealkylation sites (N-methyl/N-ethyl adjacent to an activating group) is 1. The first-order chi connectivity index (χ1) is 16.3. The summed E-state index contributed by atoms with van der Waals surface area (Å²) in [7, 11) is 0. The molecule has 10 heteroatoms. The average Bonchev–Trinajstić information content (AvgIpc) is 3.06. The molecule has 0 aliphatic carbocycles. The molecule has 1 atom stereocenters. The van der Waals surface area contributed by atoms with Crippen molar-refractivity contribution in [2.75, 3.05) is 45.9 Å². The van der Waals surface area contributed by atoms with Crippen LogP contribution in [0.25, 0.3) is 0 Å². The molecule has 2 heterocycles. The van der Waals surface area contributed by atoms with Crippen molar-refractivity contribution in [3.05, 3.63) is 45.1 Å². The van der Waals surface area contributed by atoms with Crippen molar-refractivity contribution in [2.45, 2.75) is 39.7 Å². The fourth-order valence-corrected chi connectivity index (χ4v) is 4.72. The van der Waals surface area contributed by atoms with Gasteiger partial charge in [-0.1, -0.05) is 36.2 Å². The van der Waals surface area contributed by atoms with Crippen molar-refractivity contribution >= 4 is 41.1 Å². The standard InChI is InChI=1S/C24H32Cl2N4O4/c1-4-20(31)29-11-7-10-28(12-13-29)15-19-21(23(32)34-6-3)22(27-24(33)30(19)5-2)16-8-9-17(25)18(26)14-16/h8-9,14,22H,4-7,10-13,15H2,1-3H3,(H,27,33)/t22-/m1/s1. The molecule has 1 aromatic carbocycles. The number of hydrogen-bond acceptors (Lipinski definition) is 5. The van der Waals surface area contributed by atoms with Crippen LogP contribution < -0.4 is 5.32 Å². The summed E-state index contributed by atoms with van der Waals surface area (Å²) in [6, 6.07) is 4.04. The predicted molar refractivity (Wildman–Crippen MR) is 132 cm³/mol. The quantitative estimate of drug-likeness (QED) is 0.563. The minimum atomic E-state index is -0.718. The number of esters is 1. The van der Waals surface area contributed by atoms with Crippen molar-refractivity contribution in [2.24, 2.45) is 0 Å². The molecule has 3 amide bonds. The predicted octanol–water partition coefficient (Wildman–Crippen LogP) is 3.84. The van der Waals surface area contributed by atoms with Crippen LogP contribution >= 0.6 is 23.2 Å². The monoisotopic (exact) mass is 510 g/mol. The zero-order valence-electron chi connectivity index (χ0n) is 19.9. The Morgan fingerprint density at radius 2 is 1.85 bits per heavy atom. The van der Waals surface area contributed by atoms with Gasteiger partial charge in [-0.2, -0.15) is 0 Å². The molecule has 0 aromatic heterocycles. The summed E-state index contributed by atoms with van der Waals surface area (Å²) in [5.74, 6) is -0.343. The van der Waals surface area contributed by atoms with E-state index in [4.69, 9.17) is 27.9 Å². The molecule has 2 aliphatic heterocycles. The van der Waals surface area contributed by atoms with Crippen LogP contribution in [0.2, 0.25) is 10.0 Å². The van der Waals surface area contributed by atoms with E-state index >= 15 is 0 Å². The molecule has 1 fully saturated rings. The normalized spacial score (nSPS) is 19.7. The molecule has 8 nitrogen and oxygen atoms in total. The number of benzene rings is 1. The summed E-state index contributed by atoms with van der Waals surface area (Å²) in [5, 5.41) is 3.66. The molecule has 2 aliphatic rings. The van der Waals surface area contributed by atoms with Crippen LogP contribution in [0.15, 0.2) is 29.5 Å². The number of ether oxygens (including phenoxy) is 1. The van der Waals surface area contributed by atoms with Crippen LogP contribution in [0, 0.1) is 0 Å². The number of rotatable bonds is 7. The lowest BCUT2D eigenvalue weighted by Crippen LogP contribution is -2.51. The Hall–Kier alpha value is -2.29. The number of nitrogens with one attached hydrogen (secondary N) is 1. The molecular weight excluding hydrogens is 479 g/mol. The SMILES string of the molecule is CCOC(=O)C1=C(CN2CCCN(C(=O)CC)CC2)N(CC)C(=O)N[C@@H]1c1ccc(Cl)c(Cl)c1. The Kier molecular flexibility index (Phi) is 9.22. The first-order valence-corrected chi connectivity index (χ1v) is 12.5. The van der Waals surface area contributed by atoms with E-state index in [-0.39, 0.29) is 18.5 Å². The topological polar surface area (TPSA) is 82.2 Å². The Bertz CT molecular complexity index is 968. The minimum Gasteiger partial charge on any atom is -0.463 e. The first kappa shape index (κ1) is 26.3. The number of carbonyl (C=O) groups excluding carboxylic acids is 3. The number of halogens is 2. The van der Waals surface area contributed by atoms with E-state index in [0.717, 1.165) is 13.0 Å². The second-order valence-corrected chi connectivity index (χ2v) is 9.06. The number of amides is 3. The third-order valence-electron chi connectivity index (χ3n) is 6.14. The summed E-state index contributed by atoms with van der Waals surface area (Å²) in [5.41, 5.74) is 1.64. The Morgan fingerprint density at radius 3 is 2.50 bits per heavy atom. The molecule has 1 N–H and O–H groups in total. The molecule has 34 heavy (non-hydrogen) atoms. The molecule has 0 saturated carbocycles. The summed E-state index contributed by atoms with van der Waals surface area (Å²) in [6.07, 6.45) is 1.30. The van der Waals surface area contributed by atoms with Crippen molar-refractivity contribution in [3.63, 3.8) is 0 Å². The zero-order chi connectivity index (χ0) is 24.8. The van der Waals surface area contributed by atoms with Gasteiger partial charge >= 0.3 is 12.0 Å². The smallest absolute Gasteiger partial charge is 0.338 e. The van der Waals surface area contributed by atoms with E-state index < -0.39 is 12.0 Å². The van der Waals surface area contributed by atoms with E-state index in [1.807, 2.05) is 18.7 Å². The molecule has 0 radical (unpaired) electrons. The average molecular weight is 511 g/mol. The van der Waals surface area contributed by atoms with Gasteiger partial charge < -0.3 is 15.0 Å². The van der Waals surface area contributed by atoms with Gasteiger partial charge in [-0.15, -0.1) is 0 Å². The Morgan fingerprint density at radius 1 is 1.09 bits per heavy atom. The minimum absolute atomic E-state index is 0.139.